The van der Waals surface area contributed by atoms with Crippen LogP contribution in [-0.2, 0) is 14.4 Å². The molecule has 5 heteroatoms. The fraction of sp³-hybridized carbons (Fsp3) is 0.769. The van der Waals surface area contributed by atoms with E-state index in [0.717, 1.165) is 0 Å². The molecule has 0 radical (unpaired) electrons. The van der Waals surface area contributed by atoms with Crippen LogP contribution >= 0.6 is 0 Å². The molecular weight excluding hydrogens is 236 g/mol. The summed E-state index contributed by atoms with van der Waals surface area (Å²) in [7, 11) is 0. The number of hydrogen-bond acceptors (Lipinski definition) is 3. The molecule has 0 saturated carbocycles. The van der Waals surface area contributed by atoms with E-state index < -0.39 is 30.2 Å². The minimum Gasteiger partial charge on any atom is -0.481 e. The molecular formula is C13H22O5. The Morgan fingerprint density at radius 2 is 1.44 bits per heavy atom. The van der Waals surface area contributed by atoms with E-state index in [4.69, 9.17) is 10.2 Å². The van der Waals surface area contributed by atoms with Crippen LogP contribution in [0.2, 0.25) is 0 Å². The highest BCUT2D eigenvalue weighted by Gasteiger charge is 2.36. The molecule has 18 heavy (non-hydrogen) atoms. The fourth-order valence-corrected chi connectivity index (χ4v) is 2.00. The molecule has 0 saturated heterocycles. The van der Waals surface area contributed by atoms with Crippen LogP contribution in [0.1, 0.15) is 40.5 Å². The standard InChI is InChI=1S/C13H22O5/c1-7(2)5-9(12(16)8(3)4)10(13(17)18)6-11(14)15/h7-10H,5-6H2,1-4H3,(H,14,15)(H,17,18). The number of carboxylic acids is 2. The largest absolute Gasteiger partial charge is 0.481 e. The van der Waals surface area contributed by atoms with Crippen LogP contribution < -0.4 is 0 Å². The molecule has 0 bridgehead atoms. The molecule has 0 amide bonds. The predicted molar refractivity (Wildman–Crippen MR) is 66.2 cm³/mol. The number of rotatable bonds is 8. The van der Waals surface area contributed by atoms with Crippen molar-refractivity contribution in [2.75, 3.05) is 0 Å². The highest BCUT2D eigenvalue weighted by atomic mass is 16.4. The van der Waals surface area contributed by atoms with Crippen molar-refractivity contribution in [2.24, 2.45) is 23.7 Å². The minimum absolute atomic E-state index is 0.147. The highest BCUT2D eigenvalue weighted by Crippen LogP contribution is 2.27. The molecule has 2 N–H and O–H groups in total. The maximum Gasteiger partial charge on any atom is 0.307 e. The monoisotopic (exact) mass is 258 g/mol. The topological polar surface area (TPSA) is 91.7 Å². The van der Waals surface area contributed by atoms with Gasteiger partial charge >= 0.3 is 11.9 Å². The lowest BCUT2D eigenvalue weighted by molar-refractivity contribution is -0.153. The Kier molecular flexibility index (Phi) is 6.58. The fourth-order valence-electron chi connectivity index (χ4n) is 2.00. The summed E-state index contributed by atoms with van der Waals surface area (Å²) in [6.45, 7) is 7.19. The third kappa shape index (κ3) is 5.29. The van der Waals surface area contributed by atoms with Gasteiger partial charge in [-0.1, -0.05) is 27.7 Å². The second-order valence-electron chi connectivity index (χ2n) is 5.34. The van der Waals surface area contributed by atoms with Crippen LogP contribution in [0.3, 0.4) is 0 Å². The zero-order valence-corrected chi connectivity index (χ0v) is 11.3. The van der Waals surface area contributed by atoms with Crippen molar-refractivity contribution in [3.8, 4) is 0 Å². The van der Waals surface area contributed by atoms with E-state index in [9.17, 15) is 14.4 Å². The summed E-state index contributed by atoms with van der Waals surface area (Å²) in [5, 5.41) is 17.9. The maximum absolute atomic E-state index is 12.0. The first kappa shape index (κ1) is 16.6. The van der Waals surface area contributed by atoms with Crippen LogP contribution in [0.15, 0.2) is 0 Å². The van der Waals surface area contributed by atoms with Crippen molar-refractivity contribution in [3.63, 3.8) is 0 Å². The summed E-state index contributed by atoms with van der Waals surface area (Å²) >= 11 is 0. The number of ketones is 1. The van der Waals surface area contributed by atoms with Gasteiger partial charge in [-0.25, -0.2) is 0 Å². The zero-order chi connectivity index (χ0) is 14.5. The second-order valence-corrected chi connectivity index (χ2v) is 5.34. The van der Waals surface area contributed by atoms with Crippen molar-refractivity contribution in [1.29, 1.82) is 0 Å². The van der Waals surface area contributed by atoms with Crippen molar-refractivity contribution in [2.45, 2.75) is 40.5 Å². The third-order valence-electron chi connectivity index (χ3n) is 2.86. The van der Waals surface area contributed by atoms with Gasteiger partial charge in [0, 0.05) is 11.8 Å². The summed E-state index contributed by atoms with van der Waals surface area (Å²) < 4.78 is 0. The maximum atomic E-state index is 12.0. The Hall–Kier alpha value is -1.39. The van der Waals surface area contributed by atoms with Crippen LogP contribution in [0.5, 0.6) is 0 Å². The van der Waals surface area contributed by atoms with Gasteiger partial charge in [0.05, 0.1) is 12.3 Å². The van der Waals surface area contributed by atoms with Gasteiger partial charge in [0.15, 0.2) is 0 Å². The number of aliphatic carboxylic acids is 2. The molecule has 2 unspecified atom stereocenters. The van der Waals surface area contributed by atoms with Crippen molar-refractivity contribution < 1.29 is 24.6 Å². The van der Waals surface area contributed by atoms with Gasteiger partial charge in [0.1, 0.15) is 5.78 Å². The Bertz CT molecular complexity index is 319. The van der Waals surface area contributed by atoms with E-state index in [0.29, 0.717) is 6.42 Å². The summed E-state index contributed by atoms with van der Waals surface area (Å²) in [5.74, 6) is -4.57. The van der Waals surface area contributed by atoms with Crippen molar-refractivity contribution in [3.05, 3.63) is 0 Å². The molecule has 0 rings (SSSR count). The quantitative estimate of drug-likeness (QED) is 0.695. The van der Waals surface area contributed by atoms with E-state index in [1.54, 1.807) is 13.8 Å². The SMILES string of the molecule is CC(C)CC(C(=O)C(C)C)C(CC(=O)O)C(=O)O. The van der Waals surface area contributed by atoms with Gasteiger partial charge < -0.3 is 10.2 Å². The first-order valence-electron chi connectivity index (χ1n) is 6.15. The van der Waals surface area contributed by atoms with Gasteiger partial charge in [0.25, 0.3) is 0 Å². The van der Waals surface area contributed by atoms with Crippen LogP contribution in [-0.4, -0.2) is 27.9 Å². The molecule has 0 spiro atoms. The van der Waals surface area contributed by atoms with Gasteiger partial charge in [-0.2, -0.15) is 0 Å². The third-order valence-corrected chi connectivity index (χ3v) is 2.86. The lowest BCUT2D eigenvalue weighted by atomic mass is 9.77. The first-order valence-corrected chi connectivity index (χ1v) is 6.15. The highest BCUT2D eigenvalue weighted by molar-refractivity contribution is 5.89. The lowest BCUT2D eigenvalue weighted by Crippen LogP contribution is -2.34. The number of hydrogen-bond donors (Lipinski definition) is 2. The lowest BCUT2D eigenvalue weighted by Gasteiger charge is -2.24. The molecule has 0 aromatic carbocycles. The minimum atomic E-state index is -1.21. The molecule has 0 aromatic rings. The molecule has 2 atom stereocenters. The second kappa shape index (κ2) is 7.13. The van der Waals surface area contributed by atoms with E-state index >= 15 is 0 Å². The molecule has 5 nitrogen and oxygen atoms in total. The van der Waals surface area contributed by atoms with Crippen LogP contribution in [0.25, 0.3) is 0 Å². The first-order chi connectivity index (χ1) is 8.16. The Balaban J connectivity index is 5.15. The van der Waals surface area contributed by atoms with Gasteiger partial charge in [-0.15, -0.1) is 0 Å². The number of carbonyl (C=O) groups is 3. The zero-order valence-electron chi connectivity index (χ0n) is 11.3. The van der Waals surface area contributed by atoms with Crippen molar-refractivity contribution in [1.82, 2.24) is 0 Å². The summed E-state index contributed by atoms with van der Waals surface area (Å²) in [6.07, 6.45) is -0.105. The van der Waals surface area contributed by atoms with Crippen LogP contribution in [0.4, 0.5) is 0 Å². The van der Waals surface area contributed by atoms with E-state index in [1.165, 1.54) is 0 Å². The molecule has 0 heterocycles. The van der Waals surface area contributed by atoms with Gasteiger partial charge in [-0.3, -0.25) is 14.4 Å². The average molecular weight is 258 g/mol. The molecule has 104 valence electrons. The molecule has 0 aliphatic carbocycles. The van der Waals surface area contributed by atoms with E-state index in [2.05, 4.69) is 0 Å². The summed E-state index contributed by atoms with van der Waals surface area (Å²) in [4.78, 5) is 33.9. The van der Waals surface area contributed by atoms with Crippen molar-refractivity contribution >= 4 is 17.7 Å². The predicted octanol–water partition coefficient (Wildman–Crippen LogP) is 2.05. The van der Waals surface area contributed by atoms with Crippen LogP contribution in [0, 0.1) is 23.7 Å². The molecule has 0 aliphatic rings. The average Bonchev–Trinajstić information content (AvgIpc) is 2.20. The van der Waals surface area contributed by atoms with E-state index in [-0.39, 0.29) is 17.6 Å². The Morgan fingerprint density at radius 3 is 1.72 bits per heavy atom. The van der Waals surface area contributed by atoms with Gasteiger partial charge in [-0.05, 0) is 12.3 Å². The molecule has 0 fully saturated rings. The summed E-state index contributed by atoms with van der Waals surface area (Å²) in [5.41, 5.74) is 0. The Labute approximate surface area is 107 Å². The number of carboxylic acid groups (broad SMARTS) is 2. The number of Topliss-reactive ketones (excluding diaryl/α,β-unsaturated/α-hetero) is 1. The smallest absolute Gasteiger partial charge is 0.307 e. The normalized spacial score (nSPS) is 14.6. The van der Waals surface area contributed by atoms with E-state index in [1.807, 2.05) is 13.8 Å². The summed E-state index contributed by atoms with van der Waals surface area (Å²) in [6, 6.07) is 0. The molecule has 0 aromatic heterocycles. The van der Waals surface area contributed by atoms with Gasteiger partial charge in [0.2, 0.25) is 0 Å². The molecule has 0 aliphatic heterocycles. The Morgan fingerprint density at radius 1 is 0.944 bits per heavy atom. The number of carbonyl (C=O) groups excluding carboxylic acids is 1.